The first-order valence-corrected chi connectivity index (χ1v) is 7.35. The molecule has 2 rings (SSSR count). The van der Waals surface area contributed by atoms with Gasteiger partial charge < -0.3 is 15.4 Å². The highest BCUT2D eigenvalue weighted by Crippen LogP contribution is 2.11. The van der Waals surface area contributed by atoms with Crippen LogP contribution in [-0.4, -0.2) is 30.7 Å². The molecule has 0 unspecified atom stereocenters. The molecule has 2 N–H and O–H groups in total. The summed E-state index contributed by atoms with van der Waals surface area (Å²) in [6.45, 7) is 3.47. The zero-order valence-electron chi connectivity index (χ0n) is 12.7. The van der Waals surface area contributed by atoms with Crippen molar-refractivity contribution in [1.29, 1.82) is 0 Å². The molecule has 0 aliphatic rings. The van der Waals surface area contributed by atoms with Crippen LogP contribution in [0.3, 0.4) is 0 Å². The van der Waals surface area contributed by atoms with Gasteiger partial charge in [-0.15, -0.1) is 0 Å². The molecule has 116 valence electrons. The van der Waals surface area contributed by atoms with Crippen molar-refractivity contribution >= 4 is 6.03 Å². The molecule has 5 heteroatoms. The average Bonchev–Trinajstić information content (AvgIpc) is 2.53. The van der Waals surface area contributed by atoms with Gasteiger partial charge in [0, 0.05) is 24.9 Å². The van der Waals surface area contributed by atoms with Crippen LogP contribution in [-0.2, 0) is 6.42 Å². The fourth-order valence-electron chi connectivity index (χ4n) is 1.95. The Bertz CT molecular complexity index is 587. The summed E-state index contributed by atoms with van der Waals surface area (Å²) in [5, 5.41) is 5.55. The van der Waals surface area contributed by atoms with Crippen molar-refractivity contribution in [3.05, 3.63) is 59.9 Å². The fourth-order valence-corrected chi connectivity index (χ4v) is 1.95. The van der Waals surface area contributed by atoms with Crippen molar-refractivity contribution in [2.45, 2.75) is 13.3 Å². The highest BCUT2D eigenvalue weighted by molar-refractivity contribution is 5.73. The number of carbonyl (C=O) groups is 1. The minimum absolute atomic E-state index is 0.191. The number of amides is 2. The largest absolute Gasteiger partial charge is 0.492 e. The summed E-state index contributed by atoms with van der Waals surface area (Å²) in [5.74, 6) is 0.817. The Morgan fingerprint density at radius 2 is 2.00 bits per heavy atom. The van der Waals surface area contributed by atoms with Gasteiger partial charge in [-0.1, -0.05) is 18.2 Å². The van der Waals surface area contributed by atoms with E-state index in [1.165, 1.54) is 0 Å². The van der Waals surface area contributed by atoms with Gasteiger partial charge in [0.25, 0.3) is 0 Å². The van der Waals surface area contributed by atoms with Gasteiger partial charge >= 0.3 is 6.03 Å². The highest BCUT2D eigenvalue weighted by Gasteiger charge is 2.00. The van der Waals surface area contributed by atoms with Gasteiger partial charge in [0.05, 0.1) is 6.54 Å². The number of rotatable bonds is 7. The molecule has 2 amide bonds. The quantitative estimate of drug-likeness (QED) is 0.771. The Hall–Kier alpha value is -2.56. The summed E-state index contributed by atoms with van der Waals surface area (Å²) in [7, 11) is 0. The van der Waals surface area contributed by atoms with E-state index in [-0.39, 0.29) is 6.03 Å². The summed E-state index contributed by atoms with van der Waals surface area (Å²) in [5.41, 5.74) is 2.11. The van der Waals surface area contributed by atoms with Gasteiger partial charge in [-0.25, -0.2) is 4.79 Å². The van der Waals surface area contributed by atoms with Crippen LogP contribution in [0.5, 0.6) is 5.75 Å². The molecular formula is C17H21N3O2. The molecule has 0 bridgehead atoms. The van der Waals surface area contributed by atoms with Crippen LogP contribution in [0.4, 0.5) is 4.79 Å². The van der Waals surface area contributed by atoms with E-state index >= 15 is 0 Å². The molecule has 5 nitrogen and oxygen atoms in total. The maximum absolute atomic E-state index is 11.6. The molecule has 1 heterocycles. The van der Waals surface area contributed by atoms with E-state index in [9.17, 15) is 4.79 Å². The monoisotopic (exact) mass is 299 g/mol. The first-order valence-electron chi connectivity index (χ1n) is 7.35. The molecule has 1 aromatic carbocycles. The van der Waals surface area contributed by atoms with Crippen molar-refractivity contribution in [3.63, 3.8) is 0 Å². The topological polar surface area (TPSA) is 63.2 Å². The van der Waals surface area contributed by atoms with Crippen molar-refractivity contribution in [2.24, 2.45) is 0 Å². The predicted molar refractivity (Wildman–Crippen MR) is 86.0 cm³/mol. The second kappa shape index (κ2) is 8.67. The number of aryl methyl sites for hydroxylation is 1. The number of hydrogen-bond donors (Lipinski definition) is 2. The number of urea groups is 1. The number of hydrogen-bond acceptors (Lipinski definition) is 3. The first-order chi connectivity index (χ1) is 10.7. The fraction of sp³-hybridized carbons (Fsp3) is 0.294. The molecule has 0 radical (unpaired) electrons. The van der Waals surface area contributed by atoms with Crippen LogP contribution in [0.2, 0.25) is 0 Å². The van der Waals surface area contributed by atoms with Gasteiger partial charge in [-0.2, -0.15) is 0 Å². The third-order valence-electron chi connectivity index (χ3n) is 3.04. The van der Waals surface area contributed by atoms with Gasteiger partial charge in [-0.3, -0.25) is 4.98 Å². The number of carbonyl (C=O) groups excluding carboxylic acids is 1. The molecule has 0 saturated carbocycles. The number of ether oxygens (including phenoxy) is 1. The van der Waals surface area contributed by atoms with Crippen molar-refractivity contribution in [2.75, 3.05) is 19.7 Å². The molecule has 0 aliphatic carbocycles. The zero-order chi connectivity index (χ0) is 15.6. The van der Waals surface area contributed by atoms with E-state index in [0.717, 1.165) is 17.0 Å². The Balaban J connectivity index is 1.56. The predicted octanol–water partition coefficient (Wildman–Crippen LogP) is 2.31. The van der Waals surface area contributed by atoms with Crippen LogP contribution in [0.1, 0.15) is 11.3 Å². The second-order valence-corrected chi connectivity index (χ2v) is 4.92. The van der Waals surface area contributed by atoms with Crippen LogP contribution in [0.15, 0.2) is 48.7 Å². The van der Waals surface area contributed by atoms with Crippen molar-refractivity contribution in [1.82, 2.24) is 15.6 Å². The normalized spacial score (nSPS) is 10.0. The Morgan fingerprint density at radius 1 is 1.14 bits per heavy atom. The number of benzene rings is 1. The van der Waals surface area contributed by atoms with Crippen LogP contribution in [0, 0.1) is 6.92 Å². The lowest BCUT2D eigenvalue weighted by molar-refractivity contribution is 0.236. The van der Waals surface area contributed by atoms with Gasteiger partial charge in [0.15, 0.2) is 0 Å². The number of pyridine rings is 1. The number of nitrogens with one attached hydrogen (secondary N) is 2. The third-order valence-corrected chi connectivity index (χ3v) is 3.04. The van der Waals surface area contributed by atoms with E-state index in [1.54, 1.807) is 6.20 Å². The lowest BCUT2D eigenvalue weighted by atomic mass is 10.2. The zero-order valence-corrected chi connectivity index (χ0v) is 12.7. The first kappa shape index (κ1) is 15.8. The van der Waals surface area contributed by atoms with E-state index in [1.807, 2.05) is 49.4 Å². The van der Waals surface area contributed by atoms with Gasteiger partial charge in [0.1, 0.15) is 12.4 Å². The lowest BCUT2D eigenvalue weighted by Crippen LogP contribution is -2.38. The molecule has 22 heavy (non-hydrogen) atoms. The van der Waals surface area contributed by atoms with Gasteiger partial charge in [0.2, 0.25) is 0 Å². The summed E-state index contributed by atoms with van der Waals surface area (Å²) in [6.07, 6.45) is 2.46. The maximum atomic E-state index is 11.6. The molecular weight excluding hydrogens is 278 g/mol. The Kier molecular flexibility index (Phi) is 6.23. The minimum atomic E-state index is -0.191. The average molecular weight is 299 g/mol. The van der Waals surface area contributed by atoms with E-state index in [4.69, 9.17) is 4.74 Å². The Morgan fingerprint density at radius 3 is 2.77 bits per heavy atom. The second-order valence-electron chi connectivity index (χ2n) is 4.92. The standard InChI is InChI=1S/C17H21N3O2/c1-14-5-4-7-16(13-14)22-12-11-20-17(21)19-10-8-15-6-2-3-9-18-15/h2-7,9,13H,8,10-12H2,1H3,(H2,19,20,21). The molecule has 0 atom stereocenters. The Labute approximate surface area is 130 Å². The SMILES string of the molecule is Cc1cccc(OCCNC(=O)NCCc2ccccn2)c1. The van der Waals surface area contributed by atoms with E-state index in [0.29, 0.717) is 26.1 Å². The van der Waals surface area contributed by atoms with Crippen LogP contribution >= 0.6 is 0 Å². The molecule has 0 fully saturated rings. The molecule has 0 spiro atoms. The molecule has 1 aromatic heterocycles. The summed E-state index contributed by atoms with van der Waals surface area (Å²) in [6, 6.07) is 13.4. The van der Waals surface area contributed by atoms with Crippen LogP contribution < -0.4 is 15.4 Å². The number of nitrogens with zero attached hydrogens (tertiary/aromatic N) is 1. The molecule has 0 saturated heterocycles. The van der Waals surface area contributed by atoms with Gasteiger partial charge in [-0.05, 0) is 36.8 Å². The van der Waals surface area contributed by atoms with Crippen LogP contribution in [0.25, 0.3) is 0 Å². The smallest absolute Gasteiger partial charge is 0.314 e. The summed E-state index contributed by atoms with van der Waals surface area (Å²) in [4.78, 5) is 15.8. The summed E-state index contributed by atoms with van der Waals surface area (Å²) >= 11 is 0. The van der Waals surface area contributed by atoms with Crippen molar-refractivity contribution < 1.29 is 9.53 Å². The highest BCUT2D eigenvalue weighted by atomic mass is 16.5. The van der Waals surface area contributed by atoms with E-state index in [2.05, 4.69) is 15.6 Å². The lowest BCUT2D eigenvalue weighted by Gasteiger charge is -2.09. The summed E-state index contributed by atoms with van der Waals surface area (Å²) < 4.78 is 5.56. The third kappa shape index (κ3) is 5.83. The molecule has 0 aliphatic heterocycles. The maximum Gasteiger partial charge on any atom is 0.314 e. The van der Waals surface area contributed by atoms with Crippen molar-refractivity contribution in [3.8, 4) is 5.75 Å². The van der Waals surface area contributed by atoms with E-state index < -0.39 is 0 Å². The minimum Gasteiger partial charge on any atom is -0.492 e. The number of aromatic nitrogens is 1. The molecule has 2 aromatic rings.